The van der Waals surface area contributed by atoms with Crippen LogP contribution in [0.5, 0.6) is 0 Å². The number of ether oxygens (including phenoxy) is 1. The first kappa shape index (κ1) is 9.81. The van der Waals surface area contributed by atoms with Gasteiger partial charge in [0.25, 0.3) is 0 Å². The molecule has 1 saturated heterocycles. The molecule has 0 amide bonds. The second kappa shape index (κ2) is 3.44. The minimum absolute atomic E-state index is 0.0534. The second-order valence-electron chi connectivity index (χ2n) is 4.09. The smallest absolute Gasteiger partial charge is 0.0992 e. The van der Waals surface area contributed by atoms with E-state index in [2.05, 4.69) is 18.3 Å². The maximum atomic E-state index is 8.78. The number of hydrogen-bond acceptors (Lipinski definition) is 4. The monoisotopic (exact) mass is 203 g/mol. The van der Waals surface area contributed by atoms with Gasteiger partial charge in [0.15, 0.2) is 0 Å². The molecule has 2 rings (SSSR count). The summed E-state index contributed by atoms with van der Waals surface area (Å²) in [5.74, 6) is 0. The molecule has 0 radical (unpaired) electrons. The van der Waals surface area contributed by atoms with Gasteiger partial charge in [-0.25, -0.2) is 0 Å². The van der Waals surface area contributed by atoms with E-state index in [1.54, 1.807) is 18.2 Å². The first-order chi connectivity index (χ1) is 7.13. The third-order valence-corrected chi connectivity index (χ3v) is 2.46. The van der Waals surface area contributed by atoms with Gasteiger partial charge in [0, 0.05) is 0 Å². The number of rotatable bonds is 2. The fourth-order valence-corrected chi connectivity index (χ4v) is 1.54. The van der Waals surface area contributed by atoms with Crippen molar-refractivity contribution in [1.82, 2.24) is 0 Å². The van der Waals surface area contributed by atoms with Crippen LogP contribution in [-0.2, 0) is 4.74 Å². The highest BCUT2D eigenvalue weighted by Gasteiger charge is 2.33. The van der Waals surface area contributed by atoms with Crippen molar-refractivity contribution in [2.75, 3.05) is 24.3 Å². The number of nitrogens with one attached hydrogen (secondary N) is 1. The summed E-state index contributed by atoms with van der Waals surface area (Å²) in [6.45, 7) is 3.40. The van der Waals surface area contributed by atoms with Crippen LogP contribution in [0.4, 0.5) is 11.4 Å². The molecule has 1 heterocycles. The number of anilines is 2. The summed E-state index contributed by atoms with van der Waals surface area (Å²) in [7, 11) is 0. The fourth-order valence-electron chi connectivity index (χ4n) is 1.54. The summed E-state index contributed by atoms with van der Waals surface area (Å²) >= 11 is 0. The topological polar surface area (TPSA) is 71.1 Å². The van der Waals surface area contributed by atoms with Crippen LogP contribution < -0.4 is 11.1 Å². The van der Waals surface area contributed by atoms with E-state index in [-0.39, 0.29) is 5.54 Å². The van der Waals surface area contributed by atoms with E-state index in [1.807, 2.05) is 0 Å². The Hall–Kier alpha value is -1.73. The molecule has 1 aromatic carbocycles. The second-order valence-corrected chi connectivity index (χ2v) is 4.09. The van der Waals surface area contributed by atoms with Crippen LogP contribution in [0.3, 0.4) is 0 Å². The van der Waals surface area contributed by atoms with Gasteiger partial charge in [-0.1, -0.05) is 0 Å². The Kier molecular flexibility index (Phi) is 2.25. The van der Waals surface area contributed by atoms with Crippen LogP contribution in [0.25, 0.3) is 0 Å². The quantitative estimate of drug-likeness (QED) is 0.711. The molecule has 4 heteroatoms. The standard InChI is InChI=1S/C11H13N3O/c1-11(6-15-7-11)14-10-4-8(5-12)2-3-9(10)13/h2-4,14H,6-7,13H2,1H3. The van der Waals surface area contributed by atoms with Crippen LogP contribution >= 0.6 is 0 Å². The molecule has 0 aliphatic carbocycles. The van der Waals surface area contributed by atoms with Gasteiger partial charge in [-0.15, -0.1) is 0 Å². The van der Waals surface area contributed by atoms with Gasteiger partial charge in [-0.3, -0.25) is 0 Å². The number of benzene rings is 1. The normalized spacial score (nSPS) is 17.6. The lowest BCUT2D eigenvalue weighted by atomic mass is 9.99. The molecule has 1 fully saturated rings. The maximum absolute atomic E-state index is 8.78. The maximum Gasteiger partial charge on any atom is 0.0992 e. The molecule has 0 bridgehead atoms. The van der Waals surface area contributed by atoms with E-state index < -0.39 is 0 Å². The van der Waals surface area contributed by atoms with Gasteiger partial charge in [0.2, 0.25) is 0 Å². The van der Waals surface area contributed by atoms with E-state index in [9.17, 15) is 0 Å². The van der Waals surface area contributed by atoms with E-state index in [0.29, 0.717) is 24.5 Å². The Morgan fingerprint density at radius 3 is 2.80 bits per heavy atom. The Morgan fingerprint density at radius 1 is 1.53 bits per heavy atom. The largest absolute Gasteiger partial charge is 0.397 e. The van der Waals surface area contributed by atoms with Gasteiger partial charge in [0.1, 0.15) is 0 Å². The van der Waals surface area contributed by atoms with Crippen molar-refractivity contribution < 1.29 is 4.74 Å². The number of nitrogen functional groups attached to an aromatic ring is 1. The molecule has 0 atom stereocenters. The molecule has 78 valence electrons. The zero-order chi connectivity index (χ0) is 10.9. The number of nitrogens with zero attached hydrogens (tertiary/aromatic N) is 1. The molecule has 3 N–H and O–H groups in total. The molecule has 4 nitrogen and oxygen atoms in total. The minimum Gasteiger partial charge on any atom is -0.397 e. The predicted octanol–water partition coefficient (Wildman–Crippen LogP) is 1.34. The summed E-state index contributed by atoms with van der Waals surface area (Å²) in [5, 5.41) is 12.1. The lowest BCUT2D eigenvalue weighted by Crippen LogP contribution is -2.53. The van der Waals surface area contributed by atoms with Crippen molar-refractivity contribution in [3.8, 4) is 6.07 Å². The van der Waals surface area contributed by atoms with Gasteiger partial charge < -0.3 is 15.8 Å². The average Bonchev–Trinajstić information content (AvgIpc) is 2.19. The first-order valence-electron chi connectivity index (χ1n) is 4.78. The number of nitriles is 1. The van der Waals surface area contributed by atoms with Crippen molar-refractivity contribution in [3.63, 3.8) is 0 Å². The number of hydrogen-bond donors (Lipinski definition) is 2. The Morgan fingerprint density at radius 2 is 2.27 bits per heavy atom. The zero-order valence-electron chi connectivity index (χ0n) is 8.58. The van der Waals surface area contributed by atoms with Gasteiger partial charge >= 0.3 is 0 Å². The highest BCUT2D eigenvalue weighted by molar-refractivity contribution is 5.69. The summed E-state index contributed by atoms with van der Waals surface area (Å²) in [6.07, 6.45) is 0. The van der Waals surface area contributed by atoms with E-state index in [4.69, 9.17) is 15.7 Å². The Labute approximate surface area is 88.6 Å². The summed E-state index contributed by atoms with van der Waals surface area (Å²) in [5.41, 5.74) is 7.83. The summed E-state index contributed by atoms with van der Waals surface area (Å²) in [4.78, 5) is 0. The van der Waals surface area contributed by atoms with Crippen LogP contribution in [0.2, 0.25) is 0 Å². The van der Waals surface area contributed by atoms with Crippen LogP contribution in [-0.4, -0.2) is 18.8 Å². The average molecular weight is 203 g/mol. The molecule has 15 heavy (non-hydrogen) atoms. The molecule has 0 unspecified atom stereocenters. The van der Waals surface area contributed by atoms with Crippen molar-refractivity contribution in [1.29, 1.82) is 5.26 Å². The molecule has 0 saturated carbocycles. The predicted molar refractivity (Wildman–Crippen MR) is 58.4 cm³/mol. The Bertz CT molecular complexity index is 418. The van der Waals surface area contributed by atoms with Crippen LogP contribution in [0, 0.1) is 11.3 Å². The Balaban J connectivity index is 2.23. The van der Waals surface area contributed by atoms with Crippen molar-refractivity contribution in [2.45, 2.75) is 12.5 Å². The molecule has 0 spiro atoms. The van der Waals surface area contributed by atoms with Crippen molar-refractivity contribution in [3.05, 3.63) is 23.8 Å². The molecule has 0 aromatic heterocycles. The third-order valence-electron chi connectivity index (χ3n) is 2.46. The molecular formula is C11H13N3O. The SMILES string of the molecule is CC1(Nc2cc(C#N)ccc2N)COC1. The van der Waals surface area contributed by atoms with E-state index >= 15 is 0 Å². The highest BCUT2D eigenvalue weighted by atomic mass is 16.5. The molecule has 1 aliphatic heterocycles. The first-order valence-corrected chi connectivity index (χ1v) is 4.78. The van der Waals surface area contributed by atoms with Crippen molar-refractivity contribution in [2.24, 2.45) is 0 Å². The van der Waals surface area contributed by atoms with Gasteiger partial charge in [-0.05, 0) is 25.1 Å². The zero-order valence-corrected chi connectivity index (χ0v) is 8.58. The number of nitrogens with two attached hydrogens (primary N) is 1. The lowest BCUT2D eigenvalue weighted by molar-refractivity contribution is -0.0318. The fraction of sp³-hybridized carbons (Fsp3) is 0.364. The van der Waals surface area contributed by atoms with Crippen LogP contribution in [0.15, 0.2) is 18.2 Å². The van der Waals surface area contributed by atoms with Gasteiger partial charge in [-0.2, -0.15) is 5.26 Å². The summed E-state index contributed by atoms with van der Waals surface area (Å²) < 4.78 is 5.14. The van der Waals surface area contributed by atoms with E-state index in [1.165, 1.54) is 0 Å². The van der Waals surface area contributed by atoms with E-state index in [0.717, 1.165) is 5.69 Å². The highest BCUT2D eigenvalue weighted by Crippen LogP contribution is 2.27. The lowest BCUT2D eigenvalue weighted by Gasteiger charge is -2.39. The minimum atomic E-state index is -0.0534. The summed E-state index contributed by atoms with van der Waals surface area (Å²) in [6, 6.07) is 7.30. The molecule has 1 aliphatic rings. The van der Waals surface area contributed by atoms with Crippen LogP contribution in [0.1, 0.15) is 12.5 Å². The van der Waals surface area contributed by atoms with Gasteiger partial charge in [0.05, 0.1) is 41.8 Å². The molecule has 1 aromatic rings. The van der Waals surface area contributed by atoms with Crippen molar-refractivity contribution >= 4 is 11.4 Å². The third kappa shape index (κ3) is 1.88. The molecular weight excluding hydrogens is 190 g/mol.